The van der Waals surface area contributed by atoms with Crippen molar-refractivity contribution in [2.45, 2.75) is 38.5 Å². The number of carbonyl (C=O) groups excluding carboxylic acids is 4. The molecule has 2 aromatic rings. The number of nitrogens with zero attached hydrogens (tertiary/aromatic N) is 1. The van der Waals surface area contributed by atoms with E-state index in [-0.39, 0.29) is 38.0 Å². The first kappa shape index (κ1) is 23.7. The Morgan fingerprint density at radius 1 is 0.788 bits per heavy atom. The van der Waals surface area contributed by atoms with Crippen LogP contribution in [0.4, 0.5) is 4.79 Å². The van der Waals surface area contributed by atoms with E-state index in [0.29, 0.717) is 12.8 Å². The van der Waals surface area contributed by atoms with E-state index < -0.39 is 18.1 Å². The number of alkyl carbamates (subject to hydrolysis) is 1. The van der Waals surface area contributed by atoms with Crippen LogP contribution in [0.1, 0.15) is 30.4 Å². The molecule has 3 rings (SSSR count). The van der Waals surface area contributed by atoms with Crippen molar-refractivity contribution in [3.05, 3.63) is 83.9 Å². The number of rotatable bonds is 11. The quantitative estimate of drug-likeness (QED) is 0.321. The number of ether oxygens (including phenoxy) is 2. The van der Waals surface area contributed by atoms with Crippen molar-refractivity contribution in [3.8, 4) is 0 Å². The van der Waals surface area contributed by atoms with Gasteiger partial charge in [-0.2, -0.15) is 0 Å². The van der Waals surface area contributed by atoms with E-state index in [2.05, 4.69) is 5.32 Å². The lowest BCUT2D eigenvalue weighted by atomic mass is 10.1. The molecule has 1 atom stereocenters. The van der Waals surface area contributed by atoms with Gasteiger partial charge in [-0.15, -0.1) is 0 Å². The second kappa shape index (κ2) is 12.2. The first-order valence-corrected chi connectivity index (χ1v) is 10.7. The van der Waals surface area contributed by atoms with E-state index >= 15 is 0 Å². The van der Waals surface area contributed by atoms with E-state index in [1.165, 1.54) is 12.2 Å². The summed E-state index contributed by atoms with van der Waals surface area (Å²) in [6.45, 7) is 0.402. The highest BCUT2D eigenvalue weighted by atomic mass is 16.6. The Hall–Kier alpha value is -3.94. The Morgan fingerprint density at radius 3 is 1.91 bits per heavy atom. The molecule has 172 valence electrons. The average molecular weight is 450 g/mol. The monoisotopic (exact) mass is 450 g/mol. The molecule has 1 N–H and O–H groups in total. The predicted octanol–water partition coefficient (Wildman–Crippen LogP) is 3.12. The Balaban J connectivity index is 1.51. The number of imide groups is 1. The minimum atomic E-state index is -0.917. The highest BCUT2D eigenvalue weighted by molar-refractivity contribution is 6.12. The molecule has 0 spiro atoms. The lowest BCUT2D eigenvalue weighted by Crippen LogP contribution is -2.42. The Bertz CT molecular complexity index is 972. The van der Waals surface area contributed by atoms with E-state index in [9.17, 15) is 19.2 Å². The molecule has 0 saturated heterocycles. The first-order valence-electron chi connectivity index (χ1n) is 10.7. The van der Waals surface area contributed by atoms with Crippen LogP contribution in [0.2, 0.25) is 0 Å². The van der Waals surface area contributed by atoms with Gasteiger partial charge in [-0.3, -0.25) is 14.5 Å². The van der Waals surface area contributed by atoms with Gasteiger partial charge in [-0.25, -0.2) is 9.59 Å². The van der Waals surface area contributed by atoms with Gasteiger partial charge in [-0.05, 0) is 30.4 Å². The number of amides is 3. The van der Waals surface area contributed by atoms with Crippen LogP contribution in [-0.4, -0.2) is 41.4 Å². The van der Waals surface area contributed by atoms with Gasteiger partial charge in [0.25, 0.3) is 11.8 Å². The smallest absolute Gasteiger partial charge is 0.408 e. The van der Waals surface area contributed by atoms with Crippen molar-refractivity contribution in [1.82, 2.24) is 10.2 Å². The first-order chi connectivity index (χ1) is 16.0. The molecule has 2 aromatic carbocycles. The number of esters is 1. The van der Waals surface area contributed by atoms with E-state index in [4.69, 9.17) is 9.47 Å². The number of nitrogens with one attached hydrogen (secondary N) is 1. The maximum absolute atomic E-state index is 12.7. The second-order valence-corrected chi connectivity index (χ2v) is 7.51. The van der Waals surface area contributed by atoms with Gasteiger partial charge in [0.2, 0.25) is 0 Å². The number of hydrogen-bond donors (Lipinski definition) is 1. The van der Waals surface area contributed by atoms with Gasteiger partial charge < -0.3 is 14.8 Å². The molecule has 8 nitrogen and oxygen atoms in total. The van der Waals surface area contributed by atoms with Gasteiger partial charge in [-0.1, -0.05) is 60.7 Å². The third kappa shape index (κ3) is 7.60. The summed E-state index contributed by atoms with van der Waals surface area (Å²) < 4.78 is 10.6. The summed E-state index contributed by atoms with van der Waals surface area (Å²) in [5.74, 6) is -1.27. The largest absolute Gasteiger partial charge is 0.459 e. The van der Waals surface area contributed by atoms with Crippen LogP contribution >= 0.6 is 0 Å². The average Bonchev–Trinajstić information content (AvgIpc) is 3.16. The van der Waals surface area contributed by atoms with Crippen molar-refractivity contribution < 1.29 is 28.7 Å². The van der Waals surface area contributed by atoms with E-state index in [0.717, 1.165) is 16.0 Å². The molecular weight excluding hydrogens is 424 g/mol. The van der Waals surface area contributed by atoms with Crippen LogP contribution in [0, 0.1) is 0 Å². The molecule has 0 unspecified atom stereocenters. The normalized spacial score (nSPS) is 13.6. The Kier molecular flexibility index (Phi) is 8.76. The van der Waals surface area contributed by atoms with Crippen LogP contribution in [-0.2, 0) is 37.1 Å². The number of benzene rings is 2. The van der Waals surface area contributed by atoms with Crippen molar-refractivity contribution >= 4 is 23.9 Å². The topological polar surface area (TPSA) is 102 Å². The summed E-state index contributed by atoms with van der Waals surface area (Å²) in [6.07, 6.45) is 2.99. The second-order valence-electron chi connectivity index (χ2n) is 7.51. The molecule has 1 aliphatic heterocycles. The van der Waals surface area contributed by atoms with Crippen molar-refractivity contribution in [2.24, 2.45) is 0 Å². The van der Waals surface area contributed by atoms with Crippen LogP contribution < -0.4 is 5.32 Å². The summed E-state index contributed by atoms with van der Waals surface area (Å²) in [4.78, 5) is 49.4. The molecule has 0 aromatic heterocycles. The molecule has 8 heteroatoms. The fourth-order valence-electron chi connectivity index (χ4n) is 3.26. The SMILES string of the molecule is O=C(N[C@@H](CCCCN1C(=O)C=CC1=O)C(=O)OCc1ccccc1)OCc1ccccc1. The molecule has 1 heterocycles. The van der Waals surface area contributed by atoms with Gasteiger partial charge >= 0.3 is 12.1 Å². The maximum Gasteiger partial charge on any atom is 0.408 e. The molecule has 0 fully saturated rings. The Labute approximate surface area is 192 Å². The lowest BCUT2D eigenvalue weighted by Gasteiger charge is -2.19. The van der Waals surface area contributed by atoms with Gasteiger partial charge in [0, 0.05) is 18.7 Å². The minimum Gasteiger partial charge on any atom is -0.459 e. The van der Waals surface area contributed by atoms with Gasteiger partial charge in [0.05, 0.1) is 0 Å². The zero-order chi connectivity index (χ0) is 23.5. The maximum atomic E-state index is 12.7. The number of hydrogen-bond acceptors (Lipinski definition) is 6. The number of unbranched alkanes of at least 4 members (excludes halogenated alkanes) is 1. The van der Waals surface area contributed by atoms with Crippen LogP contribution in [0.25, 0.3) is 0 Å². The molecular formula is C25H26N2O6. The zero-order valence-corrected chi connectivity index (χ0v) is 18.1. The molecule has 33 heavy (non-hydrogen) atoms. The fraction of sp³-hybridized carbons (Fsp3) is 0.280. The molecule has 0 aliphatic carbocycles. The molecule has 0 bridgehead atoms. The molecule has 0 radical (unpaired) electrons. The minimum absolute atomic E-state index is 0.0740. The van der Waals surface area contributed by atoms with Gasteiger partial charge in [0.1, 0.15) is 19.3 Å². The summed E-state index contributed by atoms with van der Waals surface area (Å²) >= 11 is 0. The highest BCUT2D eigenvalue weighted by Crippen LogP contribution is 2.11. The van der Waals surface area contributed by atoms with E-state index in [1.54, 1.807) is 0 Å². The highest BCUT2D eigenvalue weighted by Gasteiger charge is 2.25. The fourth-order valence-corrected chi connectivity index (χ4v) is 3.26. The molecule has 1 aliphatic rings. The van der Waals surface area contributed by atoms with Crippen LogP contribution in [0.15, 0.2) is 72.8 Å². The third-order valence-electron chi connectivity index (χ3n) is 5.04. The lowest BCUT2D eigenvalue weighted by molar-refractivity contribution is -0.147. The number of carbonyl (C=O) groups is 4. The summed E-state index contributed by atoms with van der Waals surface area (Å²) in [7, 11) is 0. The van der Waals surface area contributed by atoms with Crippen molar-refractivity contribution in [3.63, 3.8) is 0 Å². The predicted molar refractivity (Wildman–Crippen MR) is 119 cm³/mol. The van der Waals surface area contributed by atoms with Crippen LogP contribution in [0.5, 0.6) is 0 Å². The summed E-state index contributed by atoms with van der Waals surface area (Å²) in [5.41, 5.74) is 1.65. The van der Waals surface area contributed by atoms with Crippen molar-refractivity contribution in [2.75, 3.05) is 6.54 Å². The standard InChI is InChI=1S/C25H26N2O6/c28-22-14-15-23(29)27(22)16-8-7-13-21(24(30)32-17-19-9-3-1-4-10-19)26-25(31)33-18-20-11-5-2-6-12-20/h1-6,9-12,14-15,21H,7-8,13,16-18H2,(H,26,31)/t21-/m0/s1. The summed E-state index contributed by atoms with van der Waals surface area (Å²) in [6, 6.07) is 17.5. The van der Waals surface area contributed by atoms with E-state index in [1.807, 2.05) is 60.7 Å². The van der Waals surface area contributed by atoms with Crippen molar-refractivity contribution in [1.29, 1.82) is 0 Å². The summed E-state index contributed by atoms with van der Waals surface area (Å²) in [5, 5.41) is 2.57. The van der Waals surface area contributed by atoms with Crippen LogP contribution in [0.3, 0.4) is 0 Å². The zero-order valence-electron chi connectivity index (χ0n) is 18.1. The van der Waals surface area contributed by atoms with Gasteiger partial charge in [0.15, 0.2) is 0 Å². The third-order valence-corrected chi connectivity index (χ3v) is 5.04. The molecule has 0 saturated carbocycles. The Morgan fingerprint density at radius 2 is 1.33 bits per heavy atom. The molecule has 3 amide bonds.